The van der Waals surface area contributed by atoms with E-state index in [1.54, 1.807) is 0 Å². The van der Waals surface area contributed by atoms with E-state index in [0.717, 1.165) is 37.4 Å². The van der Waals surface area contributed by atoms with Crippen molar-refractivity contribution in [3.8, 4) is 5.75 Å². The average molecular weight is 221 g/mol. The van der Waals surface area contributed by atoms with Gasteiger partial charge in [0.15, 0.2) is 0 Å². The maximum Gasteiger partial charge on any atom is 0.143 e. The predicted octanol–water partition coefficient (Wildman–Crippen LogP) is 2.05. The maximum atomic E-state index is 8.91. The summed E-state index contributed by atoms with van der Waals surface area (Å²) in [4.78, 5) is 2.31. The van der Waals surface area contributed by atoms with E-state index in [2.05, 4.69) is 17.9 Å². The second kappa shape index (κ2) is 5.21. The molecule has 0 aliphatic carbocycles. The maximum absolute atomic E-state index is 8.91. The summed E-state index contributed by atoms with van der Waals surface area (Å²) in [5.41, 5.74) is 1.15. The van der Waals surface area contributed by atoms with Crippen molar-refractivity contribution in [1.82, 2.24) is 0 Å². The molecule has 0 aromatic heterocycles. The Labute approximate surface area is 96.6 Å². The van der Waals surface area contributed by atoms with E-state index in [1.807, 2.05) is 18.2 Å². The molecule has 1 N–H and O–H groups in total. The van der Waals surface area contributed by atoms with Gasteiger partial charge in [-0.3, -0.25) is 0 Å². The number of aliphatic hydroxyl groups is 1. The first kappa shape index (κ1) is 11.3. The molecule has 0 radical (unpaired) electrons. The van der Waals surface area contributed by atoms with Gasteiger partial charge in [0.2, 0.25) is 0 Å². The molecule has 3 nitrogen and oxygen atoms in total. The van der Waals surface area contributed by atoms with Gasteiger partial charge in [-0.05, 0) is 25.0 Å². The zero-order chi connectivity index (χ0) is 11.4. The Balaban J connectivity index is 2.17. The molecule has 1 aliphatic heterocycles. The number of benzene rings is 1. The number of hydrogen-bond acceptors (Lipinski definition) is 3. The SMILES string of the molecule is CCC1CN(CCCO)c2ccccc2O1. The third-order valence-electron chi connectivity index (χ3n) is 2.97. The smallest absolute Gasteiger partial charge is 0.143 e. The summed E-state index contributed by atoms with van der Waals surface area (Å²) in [6.45, 7) is 4.21. The topological polar surface area (TPSA) is 32.7 Å². The first-order chi connectivity index (χ1) is 7.85. The van der Waals surface area contributed by atoms with Crippen LogP contribution < -0.4 is 9.64 Å². The van der Waals surface area contributed by atoms with Crippen molar-refractivity contribution in [3.05, 3.63) is 24.3 Å². The third kappa shape index (κ3) is 2.30. The molecular formula is C13H19NO2. The van der Waals surface area contributed by atoms with Gasteiger partial charge < -0.3 is 14.7 Å². The number of aliphatic hydroxyl groups excluding tert-OH is 1. The van der Waals surface area contributed by atoms with Crippen LogP contribution in [0.15, 0.2) is 24.3 Å². The summed E-state index contributed by atoms with van der Waals surface area (Å²) in [6.07, 6.45) is 2.10. The number of rotatable bonds is 4. The fraction of sp³-hybridized carbons (Fsp3) is 0.538. The standard InChI is InChI=1S/C13H19NO2/c1-2-11-10-14(8-5-9-15)12-6-3-4-7-13(12)16-11/h3-4,6-7,11,15H,2,5,8-10H2,1H3. The number of anilines is 1. The molecule has 0 saturated carbocycles. The van der Waals surface area contributed by atoms with Crippen LogP contribution in [0.3, 0.4) is 0 Å². The fourth-order valence-electron chi connectivity index (χ4n) is 2.06. The lowest BCUT2D eigenvalue weighted by Gasteiger charge is -2.36. The molecule has 0 amide bonds. The van der Waals surface area contributed by atoms with Crippen molar-refractivity contribution in [2.24, 2.45) is 0 Å². The van der Waals surface area contributed by atoms with Crippen LogP contribution in [0, 0.1) is 0 Å². The van der Waals surface area contributed by atoms with Gasteiger partial charge in [0, 0.05) is 13.2 Å². The molecule has 1 heterocycles. The highest BCUT2D eigenvalue weighted by molar-refractivity contribution is 5.60. The van der Waals surface area contributed by atoms with Crippen molar-refractivity contribution in [2.45, 2.75) is 25.9 Å². The molecule has 3 heteroatoms. The Morgan fingerprint density at radius 2 is 2.25 bits per heavy atom. The number of fused-ring (bicyclic) bond motifs is 1. The van der Waals surface area contributed by atoms with Gasteiger partial charge >= 0.3 is 0 Å². The molecule has 1 aromatic rings. The molecule has 1 aromatic carbocycles. The highest BCUT2D eigenvalue weighted by Crippen LogP contribution is 2.33. The van der Waals surface area contributed by atoms with E-state index in [1.165, 1.54) is 0 Å². The Morgan fingerprint density at radius 1 is 1.44 bits per heavy atom. The predicted molar refractivity (Wildman–Crippen MR) is 65.1 cm³/mol. The summed E-state index contributed by atoms with van der Waals surface area (Å²) in [5.74, 6) is 0.971. The van der Waals surface area contributed by atoms with Crippen LogP contribution >= 0.6 is 0 Å². The summed E-state index contributed by atoms with van der Waals surface area (Å²) in [7, 11) is 0. The van der Waals surface area contributed by atoms with Gasteiger partial charge in [0.1, 0.15) is 11.9 Å². The summed E-state index contributed by atoms with van der Waals surface area (Å²) >= 11 is 0. The lowest BCUT2D eigenvalue weighted by Crippen LogP contribution is -2.40. The zero-order valence-corrected chi connectivity index (χ0v) is 9.72. The summed E-state index contributed by atoms with van der Waals surface area (Å²) < 4.78 is 5.89. The van der Waals surface area contributed by atoms with Crippen molar-refractivity contribution in [3.63, 3.8) is 0 Å². The lowest BCUT2D eigenvalue weighted by atomic mass is 10.1. The van der Waals surface area contributed by atoms with Crippen LogP contribution in [-0.2, 0) is 0 Å². The van der Waals surface area contributed by atoms with E-state index >= 15 is 0 Å². The van der Waals surface area contributed by atoms with Crippen molar-refractivity contribution in [2.75, 3.05) is 24.6 Å². The number of para-hydroxylation sites is 2. The van der Waals surface area contributed by atoms with Crippen molar-refractivity contribution >= 4 is 5.69 Å². The first-order valence-electron chi connectivity index (χ1n) is 5.96. The van der Waals surface area contributed by atoms with E-state index in [0.29, 0.717) is 0 Å². The second-order valence-corrected chi connectivity index (χ2v) is 4.14. The molecule has 2 rings (SSSR count). The van der Waals surface area contributed by atoms with E-state index in [-0.39, 0.29) is 12.7 Å². The molecule has 0 fully saturated rings. The quantitative estimate of drug-likeness (QED) is 0.844. The van der Waals surface area contributed by atoms with E-state index < -0.39 is 0 Å². The van der Waals surface area contributed by atoms with Crippen molar-refractivity contribution < 1.29 is 9.84 Å². The largest absolute Gasteiger partial charge is 0.486 e. The Morgan fingerprint density at radius 3 is 3.00 bits per heavy atom. The molecule has 1 unspecified atom stereocenters. The van der Waals surface area contributed by atoms with Crippen LogP contribution in [0.4, 0.5) is 5.69 Å². The number of hydrogen-bond donors (Lipinski definition) is 1. The molecule has 1 aliphatic rings. The highest BCUT2D eigenvalue weighted by Gasteiger charge is 2.23. The first-order valence-corrected chi connectivity index (χ1v) is 5.96. The molecule has 0 saturated heterocycles. The fourth-order valence-corrected chi connectivity index (χ4v) is 2.06. The molecular weight excluding hydrogens is 202 g/mol. The van der Waals surface area contributed by atoms with Crippen LogP contribution in [0.5, 0.6) is 5.75 Å². The van der Waals surface area contributed by atoms with Crippen LogP contribution in [0.1, 0.15) is 19.8 Å². The van der Waals surface area contributed by atoms with Crippen molar-refractivity contribution in [1.29, 1.82) is 0 Å². The van der Waals surface area contributed by atoms with Gasteiger partial charge in [0.25, 0.3) is 0 Å². The molecule has 1 atom stereocenters. The highest BCUT2D eigenvalue weighted by atomic mass is 16.5. The van der Waals surface area contributed by atoms with Crippen LogP contribution in [0.2, 0.25) is 0 Å². The Kier molecular flexibility index (Phi) is 3.67. The van der Waals surface area contributed by atoms with Crippen LogP contribution in [0.25, 0.3) is 0 Å². The average Bonchev–Trinajstić information content (AvgIpc) is 2.35. The van der Waals surface area contributed by atoms with Gasteiger partial charge in [0.05, 0.1) is 12.2 Å². The molecule has 16 heavy (non-hydrogen) atoms. The van der Waals surface area contributed by atoms with Gasteiger partial charge in [-0.25, -0.2) is 0 Å². The summed E-state index contributed by atoms with van der Waals surface area (Å²) in [5, 5.41) is 8.91. The molecule has 0 spiro atoms. The lowest BCUT2D eigenvalue weighted by molar-refractivity contribution is 0.187. The van der Waals surface area contributed by atoms with Crippen LogP contribution in [-0.4, -0.2) is 30.9 Å². The number of nitrogens with zero attached hydrogens (tertiary/aromatic N) is 1. The van der Waals surface area contributed by atoms with Gasteiger partial charge in [-0.15, -0.1) is 0 Å². The van der Waals surface area contributed by atoms with E-state index in [9.17, 15) is 0 Å². The van der Waals surface area contributed by atoms with E-state index in [4.69, 9.17) is 9.84 Å². The molecule has 88 valence electrons. The van der Waals surface area contributed by atoms with Gasteiger partial charge in [-0.1, -0.05) is 19.1 Å². The monoisotopic (exact) mass is 221 g/mol. The Hall–Kier alpha value is -1.22. The second-order valence-electron chi connectivity index (χ2n) is 4.14. The minimum absolute atomic E-state index is 0.246. The minimum Gasteiger partial charge on any atom is -0.486 e. The minimum atomic E-state index is 0.246. The zero-order valence-electron chi connectivity index (χ0n) is 9.72. The Bertz CT molecular complexity index is 340. The van der Waals surface area contributed by atoms with Gasteiger partial charge in [-0.2, -0.15) is 0 Å². The normalized spacial score (nSPS) is 19.1. The summed E-state index contributed by atoms with van der Waals surface area (Å²) in [6, 6.07) is 8.13. The number of ether oxygens (including phenoxy) is 1. The molecule has 0 bridgehead atoms. The third-order valence-corrected chi connectivity index (χ3v) is 2.97.